The molecule has 0 saturated carbocycles. The Labute approximate surface area is 209 Å². The molecule has 3 aromatic rings. The van der Waals surface area contributed by atoms with Gasteiger partial charge in [-0.25, -0.2) is 0 Å². The van der Waals surface area contributed by atoms with Crippen LogP contribution in [0.5, 0.6) is 0 Å². The predicted molar refractivity (Wildman–Crippen MR) is 146 cm³/mol. The van der Waals surface area contributed by atoms with Crippen molar-refractivity contribution in [1.82, 2.24) is 0 Å². The lowest BCUT2D eigenvalue weighted by atomic mass is 9.83. The van der Waals surface area contributed by atoms with E-state index >= 15 is 0 Å². The van der Waals surface area contributed by atoms with Crippen LogP contribution in [0.2, 0.25) is 0 Å². The number of rotatable bonds is 9. The lowest BCUT2D eigenvalue weighted by Gasteiger charge is -2.30. The van der Waals surface area contributed by atoms with Crippen LogP contribution in [0.3, 0.4) is 0 Å². The van der Waals surface area contributed by atoms with Gasteiger partial charge < -0.3 is 38.0 Å². The molecule has 0 fully saturated rings. The molecule has 0 unspecified atom stereocenters. The number of hydrogen-bond donors (Lipinski definition) is 8. The highest BCUT2D eigenvalue weighted by molar-refractivity contribution is 8.20. The molecule has 0 amide bonds. The van der Waals surface area contributed by atoms with E-state index in [9.17, 15) is 27.3 Å². The zero-order chi connectivity index (χ0) is 26.0. The molecule has 192 valence electrons. The minimum Gasteiger partial charge on any atom is -0.385 e. The first-order valence-electron chi connectivity index (χ1n) is 11.2. The predicted octanol–water partition coefficient (Wildman–Crippen LogP) is 7.51. The van der Waals surface area contributed by atoms with Crippen LogP contribution in [-0.2, 0) is 0 Å². The molecule has 0 radical (unpaired) electrons. The van der Waals surface area contributed by atoms with Crippen molar-refractivity contribution >= 4 is 33.1 Å². The van der Waals surface area contributed by atoms with Crippen molar-refractivity contribution in [3.63, 3.8) is 0 Å². The molecule has 0 aliphatic rings. The van der Waals surface area contributed by atoms with Crippen LogP contribution in [0.15, 0.2) is 64.4 Å². The van der Waals surface area contributed by atoms with Crippen molar-refractivity contribution < 1.29 is 27.3 Å². The van der Waals surface area contributed by atoms with Gasteiger partial charge in [-0.05, 0) is 79.8 Å². The highest BCUT2D eigenvalue weighted by Crippen LogP contribution is 2.54. The monoisotopic (exact) mass is 522 g/mol. The van der Waals surface area contributed by atoms with Gasteiger partial charge in [0.1, 0.15) is 21.7 Å². The summed E-state index contributed by atoms with van der Waals surface area (Å²) in [6, 6.07) is 15.6. The smallest absolute Gasteiger partial charge is 0.113 e. The summed E-state index contributed by atoms with van der Waals surface area (Å²) in [4.78, 5) is -0.600. The topological polar surface area (TPSA) is 145 Å². The summed E-state index contributed by atoms with van der Waals surface area (Å²) in [6.07, 6.45) is 0. The zero-order valence-electron chi connectivity index (χ0n) is 20.2. The van der Waals surface area contributed by atoms with Gasteiger partial charge in [-0.1, -0.05) is 30.3 Å². The second kappa shape index (κ2) is 10.8. The SMILES string of the molecule is CCNc1ccc(C(c2ccc(NCC)c(C)c2)c2ccc(S(O)(O)O)cc2S(O)(O)O)cc1C. The van der Waals surface area contributed by atoms with Gasteiger partial charge in [0.2, 0.25) is 0 Å². The van der Waals surface area contributed by atoms with Gasteiger partial charge in [0, 0.05) is 30.4 Å². The van der Waals surface area contributed by atoms with Gasteiger partial charge in [0.25, 0.3) is 0 Å². The van der Waals surface area contributed by atoms with Gasteiger partial charge in [0.05, 0.1) is 9.79 Å². The molecule has 3 rings (SSSR count). The maximum atomic E-state index is 10.3. The summed E-state index contributed by atoms with van der Waals surface area (Å²) in [5.41, 5.74) is 5.99. The molecule has 0 spiro atoms. The van der Waals surface area contributed by atoms with E-state index < -0.39 is 27.7 Å². The maximum Gasteiger partial charge on any atom is 0.113 e. The molecule has 10 heteroatoms. The molecule has 0 heterocycles. The lowest BCUT2D eigenvalue weighted by Crippen LogP contribution is -2.11. The van der Waals surface area contributed by atoms with E-state index in [0.717, 1.165) is 52.8 Å². The summed E-state index contributed by atoms with van der Waals surface area (Å²) in [5, 5.41) is 6.61. The van der Waals surface area contributed by atoms with Crippen LogP contribution in [0.1, 0.15) is 47.6 Å². The minimum absolute atomic E-state index is 0.282. The van der Waals surface area contributed by atoms with Gasteiger partial charge in [-0.15, -0.1) is 0 Å². The van der Waals surface area contributed by atoms with E-state index in [1.807, 2.05) is 64.1 Å². The van der Waals surface area contributed by atoms with E-state index in [-0.39, 0.29) is 9.79 Å². The van der Waals surface area contributed by atoms with Crippen LogP contribution in [0.25, 0.3) is 0 Å². The van der Waals surface area contributed by atoms with Crippen LogP contribution < -0.4 is 10.6 Å². The van der Waals surface area contributed by atoms with Crippen molar-refractivity contribution in [2.45, 2.75) is 43.4 Å². The number of anilines is 2. The molecule has 35 heavy (non-hydrogen) atoms. The third kappa shape index (κ3) is 6.29. The fraction of sp³-hybridized carbons (Fsp3) is 0.280. The summed E-state index contributed by atoms with van der Waals surface area (Å²) >= 11 is 0. The van der Waals surface area contributed by atoms with Gasteiger partial charge >= 0.3 is 0 Å². The Morgan fingerprint density at radius 1 is 0.657 bits per heavy atom. The summed E-state index contributed by atoms with van der Waals surface area (Å²) in [5.74, 6) is -0.526. The Hall–Kier alpha value is -2.28. The molecular weight excluding hydrogens is 488 g/mol. The van der Waals surface area contributed by atoms with E-state index in [1.54, 1.807) is 0 Å². The number of nitrogens with one attached hydrogen (secondary N) is 2. The van der Waals surface area contributed by atoms with E-state index in [4.69, 9.17) is 0 Å². The first-order chi connectivity index (χ1) is 16.4. The van der Waals surface area contributed by atoms with Crippen molar-refractivity contribution in [3.8, 4) is 0 Å². The van der Waals surface area contributed by atoms with Gasteiger partial charge in [0.15, 0.2) is 0 Å². The normalized spacial score (nSPS) is 13.1. The van der Waals surface area contributed by atoms with E-state index in [2.05, 4.69) is 10.6 Å². The van der Waals surface area contributed by atoms with Crippen LogP contribution in [0, 0.1) is 13.8 Å². The second-order valence-corrected chi connectivity index (χ2v) is 11.4. The molecule has 0 bridgehead atoms. The summed E-state index contributed by atoms with van der Waals surface area (Å²) in [6.45, 7) is 9.50. The van der Waals surface area contributed by atoms with Crippen molar-refractivity contribution in [2.24, 2.45) is 0 Å². The molecule has 8 N–H and O–H groups in total. The Bertz CT molecular complexity index is 1140. The Kier molecular flexibility index (Phi) is 8.40. The molecule has 0 aromatic heterocycles. The lowest BCUT2D eigenvalue weighted by molar-refractivity contribution is 0.372. The summed E-state index contributed by atoms with van der Waals surface area (Å²) < 4.78 is 60.0. The Morgan fingerprint density at radius 3 is 1.51 bits per heavy atom. The maximum absolute atomic E-state index is 10.3. The molecule has 3 aromatic carbocycles. The van der Waals surface area contributed by atoms with Gasteiger partial charge in [-0.3, -0.25) is 0 Å². The Morgan fingerprint density at radius 2 is 1.14 bits per heavy atom. The van der Waals surface area contributed by atoms with Crippen LogP contribution in [-0.4, -0.2) is 40.4 Å². The summed E-state index contributed by atoms with van der Waals surface area (Å²) in [7, 11) is -8.41. The van der Waals surface area contributed by atoms with Gasteiger partial charge in [-0.2, -0.15) is 0 Å². The van der Waals surface area contributed by atoms with Crippen molar-refractivity contribution in [1.29, 1.82) is 0 Å². The van der Waals surface area contributed by atoms with Crippen LogP contribution >= 0.6 is 21.7 Å². The third-order valence-corrected chi connectivity index (χ3v) is 7.64. The molecule has 0 atom stereocenters. The molecule has 0 saturated heterocycles. The number of aryl methyl sites for hydroxylation is 2. The number of benzene rings is 3. The van der Waals surface area contributed by atoms with E-state index in [0.29, 0.717) is 5.56 Å². The Balaban J connectivity index is 2.29. The highest BCUT2D eigenvalue weighted by atomic mass is 32.3. The first-order valence-corrected chi connectivity index (χ1v) is 14.2. The average Bonchev–Trinajstić information content (AvgIpc) is 2.76. The van der Waals surface area contributed by atoms with Crippen molar-refractivity contribution in [3.05, 3.63) is 82.4 Å². The first kappa shape index (κ1) is 27.3. The fourth-order valence-electron chi connectivity index (χ4n) is 4.22. The molecular formula is C25H34N2O6S2. The largest absolute Gasteiger partial charge is 0.385 e. The number of hydrogen-bond acceptors (Lipinski definition) is 8. The minimum atomic E-state index is -4.28. The third-order valence-electron chi connectivity index (χ3n) is 5.81. The average molecular weight is 523 g/mol. The fourth-order valence-corrected chi connectivity index (χ4v) is 5.61. The molecule has 8 nitrogen and oxygen atoms in total. The highest BCUT2D eigenvalue weighted by Gasteiger charge is 2.30. The molecule has 0 aliphatic heterocycles. The molecule has 0 aliphatic carbocycles. The van der Waals surface area contributed by atoms with E-state index in [1.165, 1.54) is 12.1 Å². The van der Waals surface area contributed by atoms with Crippen LogP contribution in [0.4, 0.5) is 11.4 Å². The standard InChI is InChI=1S/C25H34N2O6S2/c1-5-26-22-11-7-18(13-16(22)3)25(19-8-12-23(27-6-2)17(4)14-19)21-10-9-20(34(28,29)30)15-24(21)35(31,32)33/h7-15,25-33H,5-6H2,1-4H3. The zero-order valence-corrected chi connectivity index (χ0v) is 21.8. The van der Waals surface area contributed by atoms with Crippen molar-refractivity contribution in [2.75, 3.05) is 23.7 Å². The quantitative estimate of drug-likeness (QED) is 0.135. The second-order valence-electron chi connectivity index (χ2n) is 8.38.